The van der Waals surface area contributed by atoms with Gasteiger partial charge in [0.05, 0.1) is 11.6 Å². The summed E-state index contributed by atoms with van der Waals surface area (Å²) in [5, 5.41) is 13.3. The third-order valence-corrected chi connectivity index (χ3v) is 5.00. The number of nitrogens with zero attached hydrogens (tertiary/aromatic N) is 2. The summed E-state index contributed by atoms with van der Waals surface area (Å²) >= 11 is 0. The highest BCUT2D eigenvalue weighted by molar-refractivity contribution is 6.16. The molecule has 1 aliphatic heterocycles. The molecule has 1 atom stereocenters. The molecule has 0 radical (unpaired) electrons. The van der Waals surface area contributed by atoms with Crippen LogP contribution in [0.4, 0.5) is 17.1 Å². The van der Waals surface area contributed by atoms with Crippen molar-refractivity contribution < 1.29 is 19.5 Å². The summed E-state index contributed by atoms with van der Waals surface area (Å²) in [6.07, 6.45) is 0.165. The van der Waals surface area contributed by atoms with Gasteiger partial charge >= 0.3 is 0 Å². The Kier molecular flexibility index (Phi) is 5.91. The molecule has 0 aromatic heterocycles. The van der Waals surface area contributed by atoms with E-state index in [4.69, 9.17) is 0 Å². The van der Waals surface area contributed by atoms with E-state index >= 15 is 0 Å². The van der Waals surface area contributed by atoms with Gasteiger partial charge in [0.2, 0.25) is 5.91 Å². The third kappa shape index (κ3) is 3.91. The Hall–Kier alpha value is -3.61. The molecule has 7 nitrogen and oxygen atoms in total. The average Bonchev–Trinajstić information content (AvgIpc) is 2.98. The maximum atomic E-state index is 13.0. The summed E-state index contributed by atoms with van der Waals surface area (Å²) < 4.78 is 0. The summed E-state index contributed by atoms with van der Waals surface area (Å²) in [5.41, 5.74) is 2.76. The number of anilines is 3. The second-order valence-corrected chi connectivity index (χ2v) is 7.33. The molecule has 1 unspecified atom stereocenters. The predicted molar refractivity (Wildman–Crippen MR) is 117 cm³/mol. The lowest BCUT2D eigenvalue weighted by molar-refractivity contribution is -0.118. The smallest absolute Gasteiger partial charge is 0.294 e. The predicted octanol–water partition coefficient (Wildman–Crippen LogP) is 3.59. The Morgan fingerprint density at radius 1 is 1.13 bits per heavy atom. The van der Waals surface area contributed by atoms with E-state index in [0.29, 0.717) is 16.9 Å². The zero-order chi connectivity index (χ0) is 22.0. The van der Waals surface area contributed by atoms with Gasteiger partial charge < -0.3 is 15.3 Å². The van der Waals surface area contributed by atoms with Crippen LogP contribution in [0.25, 0.3) is 0 Å². The largest absolute Gasteiger partial charge is 0.503 e. The number of rotatable bonds is 6. The molecule has 0 saturated heterocycles. The Balaban J connectivity index is 2.12. The fraction of sp³-hybridized carbons (Fsp3) is 0.261. The first-order valence-corrected chi connectivity index (χ1v) is 9.69. The Labute approximate surface area is 175 Å². The first kappa shape index (κ1) is 21.1. The average molecular weight is 407 g/mol. The van der Waals surface area contributed by atoms with Crippen LogP contribution < -0.4 is 15.1 Å². The van der Waals surface area contributed by atoms with Gasteiger partial charge in [0.25, 0.3) is 5.91 Å². The van der Waals surface area contributed by atoms with Crippen molar-refractivity contribution in [3.63, 3.8) is 0 Å². The normalized spacial score (nSPS) is 16.1. The minimum Gasteiger partial charge on any atom is -0.503 e. The number of hydrogen-bond acceptors (Lipinski definition) is 5. The molecule has 0 saturated carbocycles. The summed E-state index contributed by atoms with van der Waals surface area (Å²) in [7, 11) is 3.84. The van der Waals surface area contributed by atoms with Crippen molar-refractivity contribution >= 4 is 34.7 Å². The van der Waals surface area contributed by atoms with Crippen LogP contribution >= 0.6 is 0 Å². The van der Waals surface area contributed by atoms with Crippen LogP contribution in [0.5, 0.6) is 0 Å². The fourth-order valence-corrected chi connectivity index (χ4v) is 3.55. The van der Waals surface area contributed by atoms with Crippen LogP contribution in [0.3, 0.4) is 0 Å². The molecule has 1 heterocycles. The quantitative estimate of drug-likeness (QED) is 0.764. The number of aliphatic hydroxyl groups excluding tert-OH is 1. The third-order valence-electron chi connectivity index (χ3n) is 5.00. The van der Waals surface area contributed by atoms with E-state index in [2.05, 4.69) is 5.32 Å². The Morgan fingerprint density at radius 2 is 1.80 bits per heavy atom. The highest BCUT2D eigenvalue weighted by Gasteiger charge is 2.43. The molecular weight excluding hydrogens is 382 g/mol. The van der Waals surface area contributed by atoms with Crippen LogP contribution in [-0.2, 0) is 14.4 Å². The second kappa shape index (κ2) is 8.41. The van der Waals surface area contributed by atoms with E-state index in [0.717, 1.165) is 5.69 Å². The van der Waals surface area contributed by atoms with E-state index in [9.17, 15) is 19.5 Å². The van der Waals surface area contributed by atoms with Crippen LogP contribution in [0.1, 0.15) is 31.9 Å². The minimum absolute atomic E-state index is 0.0880. The van der Waals surface area contributed by atoms with Gasteiger partial charge in [-0.3, -0.25) is 19.3 Å². The van der Waals surface area contributed by atoms with Crippen LogP contribution in [0.2, 0.25) is 0 Å². The van der Waals surface area contributed by atoms with Gasteiger partial charge in [0.1, 0.15) is 0 Å². The number of benzene rings is 2. The molecule has 0 aliphatic carbocycles. The summed E-state index contributed by atoms with van der Waals surface area (Å²) in [5.74, 6) is -1.71. The maximum Gasteiger partial charge on any atom is 0.294 e. The molecule has 2 amide bonds. The fourth-order valence-electron chi connectivity index (χ4n) is 3.55. The van der Waals surface area contributed by atoms with E-state index < -0.39 is 17.7 Å². The molecule has 30 heavy (non-hydrogen) atoms. The van der Waals surface area contributed by atoms with Gasteiger partial charge in [-0.15, -0.1) is 0 Å². The van der Waals surface area contributed by atoms with Crippen molar-refractivity contribution in [3.05, 3.63) is 65.4 Å². The highest BCUT2D eigenvalue weighted by Crippen LogP contribution is 2.42. The van der Waals surface area contributed by atoms with Gasteiger partial charge in [-0.25, -0.2) is 0 Å². The summed E-state index contributed by atoms with van der Waals surface area (Å²) in [4.78, 5) is 40.4. The lowest BCUT2D eigenvalue weighted by atomic mass is 9.94. The van der Waals surface area contributed by atoms with Crippen molar-refractivity contribution in [1.82, 2.24) is 0 Å². The van der Waals surface area contributed by atoms with E-state index in [1.54, 1.807) is 31.2 Å². The van der Waals surface area contributed by atoms with Gasteiger partial charge in [-0.05, 0) is 35.9 Å². The monoisotopic (exact) mass is 407 g/mol. The van der Waals surface area contributed by atoms with E-state index in [-0.39, 0.29) is 23.7 Å². The van der Waals surface area contributed by atoms with Gasteiger partial charge in [-0.2, -0.15) is 0 Å². The molecule has 2 aromatic carbocycles. The number of amides is 2. The first-order valence-electron chi connectivity index (χ1n) is 9.69. The number of hydrogen-bond donors (Lipinski definition) is 2. The van der Waals surface area contributed by atoms with Crippen molar-refractivity contribution in [2.24, 2.45) is 0 Å². The molecule has 7 heteroatoms. The van der Waals surface area contributed by atoms with Crippen molar-refractivity contribution in [1.29, 1.82) is 0 Å². The number of ketones is 1. The molecule has 156 valence electrons. The van der Waals surface area contributed by atoms with Gasteiger partial charge in [-0.1, -0.05) is 25.1 Å². The second-order valence-electron chi connectivity index (χ2n) is 7.33. The van der Waals surface area contributed by atoms with E-state index in [1.807, 2.05) is 43.3 Å². The van der Waals surface area contributed by atoms with Crippen molar-refractivity contribution in [2.75, 3.05) is 29.2 Å². The topological polar surface area (TPSA) is 90.0 Å². The standard InChI is InChI=1S/C23H25N3O4/c1-5-19(28)20-21(15-9-11-17(12-10-15)25(3)4)26(23(30)22(20)29)18-8-6-7-16(13-18)24-14(2)27/h6-13,21,29H,5H2,1-4H3,(H,24,27). The van der Waals surface area contributed by atoms with Crippen LogP contribution in [0.15, 0.2) is 59.9 Å². The highest BCUT2D eigenvalue weighted by atomic mass is 16.3. The number of Topliss-reactive ketones (excluding diaryl/α,β-unsaturated/α-hetero) is 1. The molecule has 3 rings (SSSR count). The summed E-state index contributed by atoms with van der Waals surface area (Å²) in [6, 6.07) is 13.5. The number of carbonyl (C=O) groups is 3. The lowest BCUT2D eigenvalue weighted by Crippen LogP contribution is -2.31. The van der Waals surface area contributed by atoms with Gasteiger partial charge in [0.15, 0.2) is 11.5 Å². The SMILES string of the molecule is CCC(=O)C1=C(O)C(=O)N(c2cccc(NC(C)=O)c2)C1c1ccc(N(C)C)cc1. The molecule has 0 spiro atoms. The molecule has 0 fully saturated rings. The minimum atomic E-state index is -0.756. The molecule has 2 N–H and O–H groups in total. The lowest BCUT2D eigenvalue weighted by Gasteiger charge is -2.27. The maximum absolute atomic E-state index is 13.0. The Morgan fingerprint density at radius 3 is 2.37 bits per heavy atom. The summed E-state index contributed by atoms with van der Waals surface area (Å²) in [6.45, 7) is 3.09. The Bertz CT molecular complexity index is 1020. The molecule has 1 aliphatic rings. The van der Waals surface area contributed by atoms with Crippen LogP contribution in [0, 0.1) is 0 Å². The zero-order valence-electron chi connectivity index (χ0n) is 17.5. The number of nitrogens with one attached hydrogen (secondary N) is 1. The first-order chi connectivity index (χ1) is 14.2. The van der Waals surface area contributed by atoms with Crippen molar-refractivity contribution in [3.8, 4) is 0 Å². The molecule has 0 bridgehead atoms. The number of carbonyl (C=O) groups excluding carboxylic acids is 3. The van der Waals surface area contributed by atoms with E-state index in [1.165, 1.54) is 11.8 Å². The van der Waals surface area contributed by atoms with Crippen LogP contribution in [-0.4, -0.2) is 36.8 Å². The molecule has 2 aromatic rings. The molecular formula is C23H25N3O4. The van der Waals surface area contributed by atoms with Gasteiger partial charge in [0, 0.05) is 44.5 Å². The number of aliphatic hydroxyl groups is 1. The zero-order valence-corrected chi connectivity index (χ0v) is 17.5. The van der Waals surface area contributed by atoms with Crippen molar-refractivity contribution in [2.45, 2.75) is 26.3 Å².